The van der Waals surface area contributed by atoms with Gasteiger partial charge in [-0.2, -0.15) is 5.26 Å². The average molecular weight is 227 g/mol. The number of nitrogens with zero attached hydrogens (tertiary/aromatic N) is 5. The maximum atomic E-state index is 8.74. The van der Waals surface area contributed by atoms with Gasteiger partial charge in [0.15, 0.2) is 0 Å². The molecule has 7 heteroatoms. The number of unbranched alkanes of at least 4 members (excludes halogenated alkanes) is 2. The van der Waals surface area contributed by atoms with Gasteiger partial charge < -0.3 is 5.11 Å². The normalized spacial score (nSPS) is 10.1. The summed E-state index contributed by atoms with van der Waals surface area (Å²) in [6.45, 7) is 0.459. The summed E-state index contributed by atoms with van der Waals surface area (Å²) >= 11 is 1.55. The highest BCUT2D eigenvalue weighted by atomic mass is 32.2. The molecule has 82 valence electrons. The van der Waals surface area contributed by atoms with E-state index in [0.29, 0.717) is 13.0 Å². The van der Waals surface area contributed by atoms with Gasteiger partial charge in [-0.15, -0.1) is 5.10 Å². The monoisotopic (exact) mass is 227 g/mol. The number of tetrazole rings is 1. The van der Waals surface area contributed by atoms with Gasteiger partial charge in [-0.3, -0.25) is 0 Å². The predicted octanol–water partition coefficient (Wildman–Crippen LogP) is 0.451. The Morgan fingerprint density at radius 1 is 1.47 bits per heavy atom. The molecule has 0 spiro atoms. The minimum Gasteiger partial charge on any atom is -0.394 e. The van der Waals surface area contributed by atoms with Crippen LogP contribution in [0, 0.1) is 11.3 Å². The molecule has 0 amide bonds. The summed E-state index contributed by atoms with van der Waals surface area (Å²) in [6.07, 6.45) is 2.48. The zero-order valence-corrected chi connectivity index (χ0v) is 9.15. The molecule has 0 radical (unpaired) electrons. The minimum absolute atomic E-state index is 0.0348. The summed E-state index contributed by atoms with van der Waals surface area (Å²) in [5.41, 5.74) is 0. The summed E-state index contributed by atoms with van der Waals surface area (Å²) in [4.78, 5) is 0. The second-order valence-corrected chi connectivity index (χ2v) is 3.93. The van der Waals surface area contributed by atoms with Crippen molar-refractivity contribution in [1.29, 1.82) is 5.26 Å². The van der Waals surface area contributed by atoms with Crippen LogP contribution in [0.15, 0.2) is 5.16 Å². The Kier molecular flexibility index (Phi) is 5.73. The summed E-state index contributed by atoms with van der Waals surface area (Å²) in [5, 5.41) is 28.9. The molecule has 1 heterocycles. The molecular weight excluding hydrogens is 214 g/mol. The smallest absolute Gasteiger partial charge is 0.209 e. The van der Waals surface area contributed by atoms with Gasteiger partial charge in [-0.1, -0.05) is 11.8 Å². The molecule has 0 unspecified atom stereocenters. The third kappa shape index (κ3) is 4.27. The molecule has 0 saturated carbocycles. The first kappa shape index (κ1) is 11.9. The first-order chi connectivity index (χ1) is 7.38. The first-order valence-corrected chi connectivity index (χ1v) is 5.74. The van der Waals surface area contributed by atoms with Crippen LogP contribution in [0.3, 0.4) is 0 Å². The Labute approximate surface area is 92.3 Å². The van der Waals surface area contributed by atoms with Crippen molar-refractivity contribution in [2.45, 2.75) is 31.0 Å². The van der Waals surface area contributed by atoms with Gasteiger partial charge in [0.05, 0.1) is 19.2 Å². The summed E-state index contributed by atoms with van der Waals surface area (Å²) < 4.78 is 1.58. The molecule has 0 saturated heterocycles. The summed E-state index contributed by atoms with van der Waals surface area (Å²) in [5.74, 6) is 0.896. The van der Waals surface area contributed by atoms with E-state index in [1.807, 2.05) is 0 Å². The molecule has 1 aromatic heterocycles. The van der Waals surface area contributed by atoms with E-state index in [1.54, 1.807) is 16.4 Å². The fourth-order valence-corrected chi connectivity index (χ4v) is 1.91. The topological polar surface area (TPSA) is 87.6 Å². The lowest BCUT2D eigenvalue weighted by Crippen LogP contribution is -2.05. The number of thioether (sulfide) groups is 1. The summed E-state index contributed by atoms with van der Waals surface area (Å²) in [7, 11) is 0. The molecule has 0 atom stereocenters. The van der Waals surface area contributed by atoms with Crippen LogP contribution in [0.4, 0.5) is 0 Å². The number of aromatic nitrogens is 4. The number of nitriles is 1. The van der Waals surface area contributed by atoms with E-state index in [-0.39, 0.29) is 6.61 Å². The second kappa shape index (κ2) is 7.20. The molecular formula is C8H13N5OS. The molecule has 0 aliphatic heterocycles. The summed E-state index contributed by atoms with van der Waals surface area (Å²) in [6, 6.07) is 2.11. The van der Waals surface area contributed by atoms with Crippen LogP contribution in [-0.4, -0.2) is 37.7 Å². The Morgan fingerprint density at radius 2 is 2.33 bits per heavy atom. The van der Waals surface area contributed by atoms with Gasteiger partial charge in [0.25, 0.3) is 0 Å². The van der Waals surface area contributed by atoms with E-state index in [1.165, 1.54) is 0 Å². The quantitative estimate of drug-likeness (QED) is 0.537. The van der Waals surface area contributed by atoms with Crippen LogP contribution < -0.4 is 0 Å². The highest BCUT2D eigenvalue weighted by molar-refractivity contribution is 7.99. The number of hydrogen-bond acceptors (Lipinski definition) is 6. The highest BCUT2D eigenvalue weighted by Gasteiger charge is 2.04. The lowest BCUT2D eigenvalue weighted by atomic mass is 10.3. The van der Waals surface area contributed by atoms with Gasteiger partial charge in [0.2, 0.25) is 5.16 Å². The van der Waals surface area contributed by atoms with Crippen molar-refractivity contribution in [3.05, 3.63) is 0 Å². The molecule has 1 aromatic rings. The predicted molar refractivity (Wildman–Crippen MR) is 55.1 cm³/mol. The fraction of sp³-hybridized carbons (Fsp3) is 0.750. The van der Waals surface area contributed by atoms with Crippen molar-refractivity contribution in [1.82, 2.24) is 20.2 Å². The van der Waals surface area contributed by atoms with Crippen LogP contribution >= 0.6 is 11.8 Å². The van der Waals surface area contributed by atoms with Crippen LogP contribution in [0.1, 0.15) is 19.3 Å². The molecule has 0 aliphatic rings. The SMILES string of the molecule is N#CCCCCSc1nnnn1CCO. The van der Waals surface area contributed by atoms with E-state index >= 15 is 0 Å². The van der Waals surface area contributed by atoms with Crippen molar-refractivity contribution in [2.24, 2.45) is 0 Å². The molecule has 0 bridgehead atoms. The maximum Gasteiger partial charge on any atom is 0.209 e. The van der Waals surface area contributed by atoms with E-state index in [2.05, 4.69) is 21.6 Å². The average Bonchev–Trinajstić information content (AvgIpc) is 2.66. The van der Waals surface area contributed by atoms with Crippen LogP contribution in [0.2, 0.25) is 0 Å². The zero-order valence-electron chi connectivity index (χ0n) is 8.33. The van der Waals surface area contributed by atoms with Crippen molar-refractivity contribution >= 4 is 11.8 Å². The molecule has 0 fully saturated rings. The van der Waals surface area contributed by atoms with Crippen LogP contribution in [-0.2, 0) is 6.54 Å². The molecule has 15 heavy (non-hydrogen) atoms. The van der Waals surface area contributed by atoms with Gasteiger partial charge in [0, 0.05) is 12.2 Å². The Morgan fingerprint density at radius 3 is 3.07 bits per heavy atom. The standard InChI is InChI=1S/C8H13N5OS/c9-4-2-1-3-7-15-8-10-11-12-13(8)5-6-14/h14H,1-3,5-7H2. The van der Waals surface area contributed by atoms with Crippen molar-refractivity contribution in [3.63, 3.8) is 0 Å². The lowest BCUT2D eigenvalue weighted by molar-refractivity contribution is 0.262. The van der Waals surface area contributed by atoms with Crippen molar-refractivity contribution in [2.75, 3.05) is 12.4 Å². The third-order valence-corrected chi connectivity index (χ3v) is 2.77. The first-order valence-electron chi connectivity index (χ1n) is 4.75. The van der Waals surface area contributed by atoms with E-state index in [4.69, 9.17) is 10.4 Å². The van der Waals surface area contributed by atoms with Crippen molar-refractivity contribution in [3.8, 4) is 6.07 Å². The Hall–Kier alpha value is -1.13. The highest BCUT2D eigenvalue weighted by Crippen LogP contribution is 2.15. The number of hydrogen-bond donors (Lipinski definition) is 1. The number of aliphatic hydroxyl groups excluding tert-OH is 1. The zero-order chi connectivity index (χ0) is 10.9. The third-order valence-electron chi connectivity index (χ3n) is 1.72. The Balaban J connectivity index is 2.25. The fourth-order valence-electron chi connectivity index (χ4n) is 1.00. The van der Waals surface area contributed by atoms with E-state index in [9.17, 15) is 0 Å². The van der Waals surface area contributed by atoms with Gasteiger partial charge in [-0.05, 0) is 23.3 Å². The van der Waals surface area contributed by atoms with Crippen LogP contribution in [0.25, 0.3) is 0 Å². The van der Waals surface area contributed by atoms with Gasteiger partial charge in [0.1, 0.15) is 0 Å². The molecule has 1 N–H and O–H groups in total. The maximum absolute atomic E-state index is 8.74. The van der Waals surface area contributed by atoms with Gasteiger partial charge >= 0.3 is 0 Å². The number of aliphatic hydroxyl groups is 1. The molecule has 1 rings (SSSR count). The largest absolute Gasteiger partial charge is 0.394 e. The van der Waals surface area contributed by atoms with E-state index < -0.39 is 0 Å². The van der Waals surface area contributed by atoms with E-state index in [0.717, 1.165) is 23.8 Å². The molecule has 0 aliphatic carbocycles. The second-order valence-electron chi connectivity index (χ2n) is 2.87. The lowest BCUT2D eigenvalue weighted by Gasteiger charge is -2.00. The van der Waals surface area contributed by atoms with Crippen molar-refractivity contribution < 1.29 is 5.11 Å². The van der Waals surface area contributed by atoms with Gasteiger partial charge in [-0.25, -0.2) is 4.68 Å². The minimum atomic E-state index is 0.0348. The number of rotatable bonds is 7. The molecule has 0 aromatic carbocycles. The molecule has 6 nitrogen and oxygen atoms in total. The Bertz CT molecular complexity index is 321. The van der Waals surface area contributed by atoms with Crippen LogP contribution in [0.5, 0.6) is 0 Å².